The van der Waals surface area contributed by atoms with Gasteiger partial charge in [0, 0.05) is 13.5 Å². The third-order valence-corrected chi connectivity index (χ3v) is 5.17. The van der Waals surface area contributed by atoms with Gasteiger partial charge in [-0.3, -0.25) is 4.79 Å². The van der Waals surface area contributed by atoms with Gasteiger partial charge in [0.25, 0.3) is 0 Å². The van der Waals surface area contributed by atoms with Crippen molar-refractivity contribution in [3.63, 3.8) is 0 Å². The van der Waals surface area contributed by atoms with E-state index in [4.69, 9.17) is 4.74 Å². The van der Waals surface area contributed by atoms with E-state index in [-0.39, 0.29) is 5.78 Å². The lowest BCUT2D eigenvalue weighted by Gasteiger charge is -2.41. The highest BCUT2D eigenvalue weighted by atomic mass is 16.5. The van der Waals surface area contributed by atoms with Gasteiger partial charge in [0.05, 0.1) is 0 Å². The van der Waals surface area contributed by atoms with Crippen LogP contribution in [0.25, 0.3) is 0 Å². The van der Waals surface area contributed by atoms with E-state index in [1.54, 1.807) is 7.11 Å². The van der Waals surface area contributed by atoms with Crippen molar-refractivity contribution in [3.8, 4) is 0 Å². The number of ketones is 1. The first-order valence-electron chi connectivity index (χ1n) is 7.93. The molecule has 2 heteroatoms. The first-order chi connectivity index (χ1) is 9.78. The predicted molar refractivity (Wildman–Crippen MR) is 86.6 cm³/mol. The highest BCUT2D eigenvalue weighted by molar-refractivity contribution is 5.89. The van der Waals surface area contributed by atoms with Crippen LogP contribution in [-0.2, 0) is 16.0 Å². The van der Waals surface area contributed by atoms with Crippen LogP contribution in [0.2, 0.25) is 0 Å². The average molecular weight is 288 g/mol. The largest absolute Gasteiger partial charge is 0.370 e. The Labute approximate surface area is 128 Å². The van der Waals surface area contributed by atoms with Crippen molar-refractivity contribution in [3.05, 3.63) is 34.9 Å². The summed E-state index contributed by atoms with van der Waals surface area (Å²) >= 11 is 0. The monoisotopic (exact) mass is 288 g/mol. The van der Waals surface area contributed by atoms with E-state index in [0.717, 1.165) is 31.2 Å². The summed E-state index contributed by atoms with van der Waals surface area (Å²) in [6, 6.07) is 6.32. The Morgan fingerprint density at radius 3 is 2.33 bits per heavy atom. The second-order valence-electron chi connectivity index (χ2n) is 7.39. The Bertz CT molecular complexity index is 518. The van der Waals surface area contributed by atoms with Gasteiger partial charge in [-0.25, -0.2) is 0 Å². The van der Waals surface area contributed by atoms with Crippen molar-refractivity contribution in [1.29, 1.82) is 0 Å². The maximum absolute atomic E-state index is 12.9. The van der Waals surface area contributed by atoms with Gasteiger partial charge in [-0.15, -0.1) is 0 Å². The number of carbonyl (C=O) groups is 1. The summed E-state index contributed by atoms with van der Waals surface area (Å²) in [6.07, 6.45) is 4.29. The van der Waals surface area contributed by atoms with Crippen molar-refractivity contribution in [1.82, 2.24) is 0 Å². The number of aryl methyl sites for hydroxylation is 2. The van der Waals surface area contributed by atoms with Crippen molar-refractivity contribution < 1.29 is 9.53 Å². The molecule has 116 valence electrons. The molecule has 0 radical (unpaired) electrons. The quantitative estimate of drug-likeness (QED) is 0.821. The normalized spacial score (nSPS) is 20.2. The molecule has 0 amide bonds. The lowest BCUT2D eigenvalue weighted by molar-refractivity contribution is -0.147. The maximum atomic E-state index is 12.9. The first-order valence-corrected chi connectivity index (χ1v) is 7.93. The number of hydrogen-bond acceptors (Lipinski definition) is 2. The van der Waals surface area contributed by atoms with Crippen LogP contribution in [0.1, 0.15) is 56.2 Å². The molecule has 1 saturated carbocycles. The molecule has 2 rings (SSSR count). The van der Waals surface area contributed by atoms with Gasteiger partial charge >= 0.3 is 0 Å². The summed E-state index contributed by atoms with van der Waals surface area (Å²) < 4.78 is 5.73. The third kappa shape index (κ3) is 3.55. The Hall–Kier alpha value is -1.15. The van der Waals surface area contributed by atoms with Crippen molar-refractivity contribution in [2.45, 2.75) is 65.4 Å². The molecule has 2 nitrogen and oxygen atoms in total. The highest BCUT2D eigenvalue weighted by Crippen LogP contribution is 2.42. The van der Waals surface area contributed by atoms with Crippen LogP contribution in [0.15, 0.2) is 18.2 Å². The molecule has 1 aromatic carbocycles. The van der Waals surface area contributed by atoms with Gasteiger partial charge in [-0.2, -0.15) is 0 Å². The average Bonchev–Trinajstić information content (AvgIpc) is 2.43. The summed E-state index contributed by atoms with van der Waals surface area (Å²) in [5.41, 5.74) is 3.31. The summed E-state index contributed by atoms with van der Waals surface area (Å²) in [6.45, 7) is 8.71. The van der Waals surface area contributed by atoms with Crippen molar-refractivity contribution >= 4 is 5.78 Å². The summed E-state index contributed by atoms with van der Waals surface area (Å²) in [5.74, 6) is 0.245. The molecule has 0 heterocycles. The van der Waals surface area contributed by atoms with E-state index >= 15 is 0 Å². The minimum absolute atomic E-state index is 0.245. The molecule has 1 aliphatic carbocycles. The minimum Gasteiger partial charge on any atom is -0.370 e. The Morgan fingerprint density at radius 2 is 1.76 bits per heavy atom. The van der Waals surface area contributed by atoms with E-state index in [1.165, 1.54) is 11.1 Å². The number of hydrogen-bond donors (Lipinski definition) is 0. The van der Waals surface area contributed by atoms with Gasteiger partial charge in [-0.1, -0.05) is 37.6 Å². The van der Waals surface area contributed by atoms with E-state index in [1.807, 2.05) is 0 Å². The van der Waals surface area contributed by atoms with Crippen LogP contribution in [0.5, 0.6) is 0 Å². The lowest BCUT2D eigenvalue weighted by atomic mass is 9.69. The molecular formula is C19H28O2. The number of ether oxygens (including phenoxy) is 1. The zero-order valence-corrected chi connectivity index (χ0v) is 14.1. The molecule has 0 spiro atoms. The number of Topliss-reactive ketones (excluding diaryl/α,β-unsaturated/α-hetero) is 1. The fraction of sp³-hybridized carbons (Fsp3) is 0.632. The first kappa shape index (κ1) is 16.2. The second kappa shape index (κ2) is 5.92. The molecule has 21 heavy (non-hydrogen) atoms. The Morgan fingerprint density at radius 1 is 1.14 bits per heavy atom. The molecule has 0 bridgehead atoms. The van der Waals surface area contributed by atoms with Crippen LogP contribution in [0.4, 0.5) is 0 Å². The SMILES string of the molecule is COC1(C(=O)Cc2cc(C)ccc2C)CCC(C)(C)CC1. The molecule has 0 saturated heterocycles. The van der Waals surface area contributed by atoms with Gasteiger partial charge < -0.3 is 4.74 Å². The van der Waals surface area contributed by atoms with E-state index < -0.39 is 5.60 Å². The number of carbonyl (C=O) groups excluding carboxylic acids is 1. The van der Waals surface area contributed by atoms with Crippen LogP contribution in [0.3, 0.4) is 0 Å². The number of benzene rings is 1. The zero-order chi connectivity index (χ0) is 15.7. The fourth-order valence-corrected chi connectivity index (χ4v) is 3.25. The second-order valence-corrected chi connectivity index (χ2v) is 7.39. The van der Waals surface area contributed by atoms with Crippen LogP contribution in [-0.4, -0.2) is 18.5 Å². The molecule has 1 aliphatic rings. The number of rotatable bonds is 4. The fourth-order valence-electron chi connectivity index (χ4n) is 3.25. The van der Waals surface area contributed by atoms with Crippen molar-refractivity contribution in [2.24, 2.45) is 5.41 Å². The molecule has 0 atom stereocenters. The van der Waals surface area contributed by atoms with Crippen LogP contribution >= 0.6 is 0 Å². The Balaban J connectivity index is 2.16. The molecule has 0 aromatic heterocycles. The summed E-state index contributed by atoms with van der Waals surface area (Å²) in [4.78, 5) is 12.9. The molecule has 1 fully saturated rings. The minimum atomic E-state index is -0.564. The highest BCUT2D eigenvalue weighted by Gasteiger charge is 2.43. The van der Waals surface area contributed by atoms with Gasteiger partial charge in [-0.05, 0) is 56.1 Å². The molecule has 0 N–H and O–H groups in total. The van der Waals surface area contributed by atoms with Gasteiger partial charge in [0.1, 0.15) is 5.60 Å². The zero-order valence-electron chi connectivity index (χ0n) is 14.1. The third-order valence-electron chi connectivity index (χ3n) is 5.17. The molecule has 0 unspecified atom stereocenters. The predicted octanol–water partition coefficient (Wildman–Crippen LogP) is 4.40. The van der Waals surface area contributed by atoms with E-state index in [0.29, 0.717) is 11.8 Å². The standard InChI is InChI=1S/C19H28O2/c1-14-6-7-15(2)16(12-14)13-17(20)19(21-5)10-8-18(3,4)9-11-19/h6-7,12H,8-11,13H2,1-5H3. The lowest BCUT2D eigenvalue weighted by Crippen LogP contribution is -2.46. The maximum Gasteiger partial charge on any atom is 0.168 e. The number of methoxy groups -OCH3 is 1. The van der Waals surface area contributed by atoms with Crippen molar-refractivity contribution in [2.75, 3.05) is 7.11 Å². The van der Waals surface area contributed by atoms with E-state index in [2.05, 4.69) is 45.9 Å². The summed E-state index contributed by atoms with van der Waals surface area (Å²) in [5, 5.41) is 0. The molecule has 1 aromatic rings. The van der Waals surface area contributed by atoms with Crippen LogP contribution in [0, 0.1) is 19.3 Å². The Kier molecular flexibility index (Phi) is 4.57. The van der Waals surface area contributed by atoms with Crippen LogP contribution < -0.4 is 0 Å². The van der Waals surface area contributed by atoms with E-state index in [9.17, 15) is 4.79 Å². The molecular weight excluding hydrogens is 260 g/mol. The van der Waals surface area contributed by atoms with Gasteiger partial charge in [0.2, 0.25) is 0 Å². The summed E-state index contributed by atoms with van der Waals surface area (Å²) in [7, 11) is 1.69. The molecule has 0 aliphatic heterocycles. The topological polar surface area (TPSA) is 26.3 Å². The smallest absolute Gasteiger partial charge is 0.168 e. The van der Waals surface area contributed by atoms with Gasteiger partial charge in [0.15, 0.2) is 5.78 Å².